The van der Waals surface area contributed by atoms with Gasteiger partial charge in [0.25, 0.3) is 5.92 Å². The predicted molar refractivity (Wildman–Crippen MR) is 91.8 cm³/mol. The highest BCUT2D eigenvalue weighted by Crippen LogP contribution is 2.61. The number of alkyl halides is 2. The molecular formula is C21H23F3O3. The molecule has 5 saturated carbocycles. The zero-order valence-electron chi connectivity index (χ0n) is 15.0. The molecule has 1 N–H and O–H groups in total. The minimum absolute atomic E-state index is 0.0695. The molecule has 3 nitrogen and oxygen atoms in total. The van der Waals surface area contributed by atoms with E-state index in [0.717, 1.165) is 49.1 Å². The van der Waals surface area contributed by atoms with Crippen molar-refractivity contribution in [1.29, 1.82) is 0 Å². The van der Waals surface area contributed by atoms with Crippen LogP contribution in [0.1, 0.15) is 66.8 Å². The van der Waals surface area contributed by atoms with E-state index in [1.165, 1.54) is 19.3 Å². The molecule has 5 fully saturated rings. The predicted octanol–water partition coefficient (Wildman–Crippen LogP) is 5.24. The van der Waals surface area contributed by atoms with Gasteiger partial charge in [-0.1, -0.05) is 0 Å². The van der Waals surface area contributed by atoms with Gasteiger partial charge in [0, 0.05) is 23.5 Å². The second kappa shape index (κ2) is 5.65. The van der Waals surface area contributed by atoms with E-state index in [4.69, 9.17) is 9.84 Å². The number of carboxylic acid groups (broad SMARTS) is 1. The van der Waals surface area contributed by atoms with Crippen LogP contribution in [0.4, 0.5) is 13.2 Å². The van der Waals surface area contributed by atoms with Gasteiger partial charge in [-0.2, -0.15) is 0 Å². The first-order valence-electron chi connectivity index (χ1n) is 9.82. The molecule has 0 heterocycles. The topological polar surface area (TPSA) is 46.5 Å². The highest BCUT2D eigenvalue weighted by molar-refractivity contribution is 5.88. The summed E-state index contributed by atoms with van der Waals surface area (Å²) < 4.78 is 47.5. The second-order valence-electron chi connectivity index (χ2n) is 9.40. The molecule has 0 spiro atoms. The molecule has 27 heavy (non-hydrogen) atoms. The summed E-state index contributed by atoms with van der Waals surface area (Å²) >= 11 is 0. The van der Waals surface area contributed by atoms with Crippen LogP contribution >= 0.6 is 0 Å². The van der Waals surface area contributed by atoms with Crippen molar-refractivity contribution in [1.82, 2.24) is 0 Å². The van der Waals surface area contributed by atoms with Crippen molar-refractivity contribution >= 4 is 5.97 Å². The van der Waals surface area contributed by atoms with Crippen LogP contribution in [0, 0.1) is 29.0 Å². The molecule has 5 aliphatic carbocycles. The number of rotatable bonds is 5. The molecule has 5 aliphatic rings. The maximum Gasteiger partial charge on any atom is 0.338 e. The van der Waals surface area contributed by atoms with Crippen LogP contribution in [0.5, 0.6) is 5.75 Å². The molecule has 0 amide bonds. The quantitative estimate of drug-likeness (QED) is 0.760. The Morgan fingerprint density at radius 2 is 1.63 bits per heavy atom. The highest BCUT2D eigenvalue weighted by Gasteiger charge is 2.59. The molecule has 0 aromatic heterocycles. The normalized spacial score (nSPS) is 38.0. The Kier molecular flexibility index (Phi) is 3.63. The maximum atomic E-state index is 14.2. The van der Waals surface area contributed by atoms with Gasteiger partial charge < -0.3 is 9.84 Å². The Hall–Kier alpha value is -1.72. The molecule has 4 bridgehead atoms. The molecule has 1 aromatic rings. The summed E-state index contributed by atoms with van der Waals surface area (Å²) in [5, 5.41) is 9.13. The fraction of sp³-hybridized carbons (Fsp3) is 0.667. The molecular weight excluding hydrogens is 357 g/mol. The van der Waals surface area contributed by atoms with E-state index in [0.29, 0.717) is 6.61 Å². The maximum absolute atomic E-state index is 14.2. The van der Waals surface area contributed by atoms with Crippen molar-refractivity contribution in [2.24, 2.45) is 23.2 Å². The van der Waals surface area contributed by atoms with Crippen LogP contribution in [-0.2, 0) is 0 Å². The standard InChI is InChI=1S/C21H23F3O3/c22-17-5-18(14(4-15(17)19(25)26)16-9-21(16,23)24)27-10-20-6-11-1-12(7-20)3-13(2-11)8-20/h4-5,11-13,16H,1-3,6-10H2,(H,25,26). The number of carboxylic acids is 1. The minimum atomic E-state index is -2.87. The molecule has 0 aliphatic heterocycles. The molecule has 1 atom stereocenters. The van der Waals surface area contributed by atoms with E-state index in [-0.39, 0.29) is 23.1 Å². The van der Waals surface area contributed by atoms with Gasteiger partial charge >= 0.3 is 5.97 Å². The van der Waals surface area contributed by atoms with Crippen molar-refractivity contribution in [3.05, 3.63) is 29.1 Å². The van der Waals surface area contributed by atoms with Crippen molar-refractivity contribution in [3.63, 3.8) is 0 Å². The lowest BCUT2D eigenvalue weighted by Crippen LogP contribution is -2.48. The van der Waals surface area contributed by atoms with Gasteiger partial charge in [0.1, 0.15) is 11.6 Å². The molecule has 6 heteroatoms. The Labute approximate surface area is 155 Å². The second-order valence-corrected chi connectivity index (χ2v) is 9.40. The van der Waals surface area contributed by atoms with Crippen molar-refractivity contribution < 1.29 is 27.8 Å². The number of halogens is 3. The lowest BCUT2D eigenvalue weighted by Gasteiger charge is -2.56. The Morgan fingerprint density at radius 3 is 2.11 bits per heavy atom. The van der Waals surface area contributed by atoms with Gasteiger partial charge in [0.05, 0.1) is 18.1 Å². The average Bonchev–Trinajstić information content (AvgIpc) is 3.19. The van der Waals surface area contributed by atoms with E-state index >= 15 is 0 Å². The van der Waals surface area contributed by atoms with Gasteiger partial charge in [-0.05, 0) is 62.3 Å². The van der Waals surface area contributed by atoms with Gasteiger partial charge in [-0.25, -0.2) is 18.0 Å². The molecule has 1 unspecified atom stereocenters. The van der Waals surface area contributed by atoms with E-state index in [1.54, 1.807) is 0 Å². The smallest absolute Gasteiger partial charge is 0.338 e. The Balaban J connectivity index is 1.41. The average molecular weight is 380 g/mol. The minimum Gasteiger partial charge on any atom is -0.493 e. The number of ether oxygens (including phenoxy) is 1. The molecule has 6 rings (SSSR count). The molecule has 0 saturated heterocycles. The van der Waals surface area contributed by atoms with Crippen LogP contribution in [0.25, 0.3) is 0 Å². The van der Waals surface area contributed by atoms with Gasteiger partial charge in [-0.3, -0.25) is 0 Å². The number of hydrogen-bond donors (Lipinski definition) is 1. The zero-order valence-corrected chi connectivity index (χ0v) is 15.0. The van der Waals surface area contributed by atoms with Crippen LogP contribution < -0.4 is 4.74 Å². The monoisotopic (exact) mass is 380 g/mol. The fourth-order valence-electron chi connectivity index (χ4n) is 6.38. The SMILES string of the molecule is O=C(O)c1cc(C2CC2(F)F)c(OCC23CC4CC(CC(C4)C2)C3)cc1F. The van der Waals surface area contributed by atoms with Crippen molar-refractivity contribution in [3.8, 4) is 5.75 Å². The number of benzene rings is 1. The zero-order chi connectivity index (χ0) is 19.0. The first-order valence-corrected chi connectivity index (χ1v) is 9.82. The number of carbonyl (C=O) groups is 1. The summed E-state index contributed by atoms with van der Waals surface area (Å²) in [6, 6.07) is 2.03. The summed E-state index contributed by atoms with van der Waals surface area (Å²) in [5.41, 5.74) is -0.376. The van der Waals surface area contributed by atoms with Crippen LogP contribution in [0.3, 0.4) is 0 Å². The first-order chi connectivity index (χ1) is 12.7. The summed E-state index contributed by atoms with van der Waals surface area (Å²) in [6.07, 6.45) is 6.84. The summed E-state index contributed by atoms with van der Waals surface area (Å²) in [4.78, 5) is 11.2. The van der Waals surface area contributed by atoms with Gasteiger partial charge in [0.15, 0.2) is 0 Å². The Morgan fingerprint density at radius 1 is 1.07 bits per heavy atom. The van der Waals surface area contributed by atoms with Gasteiger partial charge in [0.2, 0.25) is 0 Å². The highest BCUT2D eigenvalue weighted by atomic mass is 19.3. The molecule has 146 valence electrons. The number of aromatic carboxylic acids is 1. The third-order valence-corrected chi connectivity index (χ3v) is 7.23. The summed E-state index contributed by atoms with van der Waals surface area (Å²) in [5.74, 6) is -4.04. The van der Waals surface area contributed by atoms with Crippen molar-refractivity contribution in [2.75, 3.05) is 6.61 Å². The summed E-state index contributed by atoms with van der Waals surface area (Å²) in [7, 11) is 0. The van der Waals surface area contributed by atoms with E-state index in [9.17, 15) is 18.0 Å². The lowest BCUT2D eigenvalue weighted by atomic mass is 9.50. The first kappa shape index (κ1) is 17.4. The lowest BCUT2D eigenvalue weighted by molar-refractivity contribution is -0.0747. The third-order valence-electron chi connectivity index (χ3n) is 7.23. The molecule has 1 aromatic carbocycles. The Bertz CT molecular complexity index is 769. The van der Waals surface area contributed by atoms with Crippen molar-refractivity contribution in [2.45, 2.75) is 56.8 Å². The van der Waals surface area contributed by atoms with Gasteiger partial charge in [-0.15, -0.1) is 0 Å². The van der Waals surface area contributed by atoms with Crippen LogP contribution in [0.2, 0.25) is 0 Å². The van der Waals surface area contributed by atoms with Crippen LogP contribution in [0.15, 0.2) is 12.1 Å². The third kappa shape index (κ3) is 2.92. The van der Waals surface area contributed by atoms with E-state index in [1.807, 2.05) is 0 Å². The largest absolute Gasteiger partial charge is 0.493 e. The fourth-order valence-corrected chi connectivity index (χ4v) is 6.38. The number of hydrogen-bond acceptors (Lipinski definition) is 2. The van der Waals surface area contributed by atoms with E-state index in [2.05, 4.69) is 0 Å². The van der Waals surface area contributed by atoms with Crippen LogP contribution in [-0.4, -0.2) is 23.6 Å². The van der Waals surface area contributed by atoms with E-state index < -0.39 is 29.2 Å². The summed E-state index contributed by atoms with van der Waals surface area (Å²) in [6.45, 7) is 0.410. The molecule has 0 radical (unpaired) electrons.